The zero-order valence-electron chi connectivity index (χ0n) is 17.3. The van der Waals surface area contributed by atoms with Gasteiger partial charge in [-0.1, -0.05) is 0 Å². The number of aromatic nitrogens is 1. The molecule has 0 aliphatic heterocycles. The zero-order chi connectivity index (χ0) is 20.2. The second-order valence-corrected chi connectivity index (χ2v) is 8.60. The first-order chi connectivity index (χ1) is 13.2. The minimum absolute atomic E-state index is 0.0653. The predicted octanol–water partition coefficient (Wildman–Crippen LogP) is 4.34. The van der Waals surface area contributed by atoms with Crippen LogP contribution in [0.1, 0.15) is 26.5 Å². The standard InChI is InChI=1S/C22H19N2Se/c1-13-9-15(3)24(4)19(10-13)21-14(2)5-7-18-17-8-6-16(12-23)11-20(17)25-22(18)21/h5-11H,1-4H3/q+1/i1D3. The van der Waals surface area contributed by atoms with Crippen molar-refractivity contribution >= 4 is 33.8 Å². The predicted molar refractivity (Wildman–Crippen MR) is 104 cm³/mol. The van der Waals surface area contributed by atoms with Crippen LogP contribution in [0.15, 0.2) is 42.5 Å². The molecule has 0 radical (unpaired) electrons. The topological polar surface area (TPSA) is 27.7 Å². The summed E-state index contributed by atoms with van der Waals surface area (Å²) in [6, 6.07) is 15.9. The maximum absolute atomic E-state index is 9.24. The summed E-state index contributed by atoms with van der Waals surface area (Å²) < 4.78 is 28.1. The van der Waals surface area contributed by atoms with Crippen LogP contribution < -0.4 is 4.57 Å². The molecule has 0 unspecified atom stereocenters. The summed E-state index contributed by atoms with van der Waals surface area (Å²) in [5.74, 6) is 0. The number of aryl methyl sites for hydroxylation is 3. The van der Waals surface area contributed by atoms with Crippen LogP contribution in [-0.4, -0.2) is 14.5 Å². The molecule has 0 amide bonds. The maximum atomic E-state index is 9.24. The molecular weight excluding hydrogens is 371 g/mol. The number of benzene rings is 2. The van der Waals surface area contributed by atoms with Gasteiger partial charge >= 0.3 is 158 Å². The Labute approximate surface area is 157 Å². The molecular formula is C22H19N2Se+. The number of hydrogen-bond acceptors (Lipinski definition) is 1. The molecule has 2 heterocycles. The van der Waals surface area contributed by atoms with E-state index in [1.807, 2.05) is 38.2 Å². The molecule has 0 aliphatic rings. The molecule has 0 atom stereocenters. The van der Waals surface area contributed by atoms with Gasteiger partial charge in [0.05, 0.1) is 0 Å². The van der Waals surface area contributed by atoms with Gasteiger partial charge < -0.3 is 0 Å². The van der Waals surface area contributed by atoms with Crippen molar-refractivity contribution in [2.45, 2.75) is 20.7 Å². The third-order valence-corrected chi connectivity index (χ3v) is 7.27. The average molecular weight is 393 g/mol. The van der Waals surface area contributed by atoms with Crippen molar-refractivity contribution in [3.63, 3.8) is 0 Å². The van der Waals surface area contributed by atoms with Gasteiger partial charge in [0.15, 0.2) is 0 Å². The second-order valence-electron chi connectivity index (χ2n) is 6.39. The van der Waals surface area contributed by atoms with Crippen molar-refractivity contribution in [2.24, 2.45) is 7.05 Å². The van der Waals surface area contributed by atoms with Gasteiger partial charge in [-0.05, 0) is 0 Å². The summed E-state index contributed by atoms with van der Waals surface area (Å²) >= 11 is 0.0653. The Morgan fingerprint density at radius 2 is 1.88 bits per heavy atom. The van der Waals surface area contributed by atoms with Crippen LogP contribution in [0.25, 0.3) is 30.6 Å². The molecule has 0 fully saturated rings. The summed E-state index contributed by atoms with van der Waals surface area (Å²) in [6.45, 7) is 1.87. The molecule has 2 nitrogen and oxygen atoms in total. The van der Waals surface area contributed by atoms with E-state index in [-0.39, 0.29) is 14.5 Å². The molecule has 0 saturated heterocycles. The summed E-state index contributed by atoms with van der Waals surface area (Å²) in [5.41, 5.74) is 5.13. The number of rotatable bonds is 1. The minimum atomic E-state index is -2.14. The molecule has 0 aliphatic carbocycles. The van der Waals surface area contributed by atoms with Crippen molar-refractivity contribution in [1.82, 2.24) is 0 Å². The Morgan fingerprint density at radius 1 is 1.08 bits per heavy atom. The van der Waals surface area contributed by atoms with E-state index < -0.39 is 6.85 Å². The van der Waals surface area contributed by atoms with Crippen LogP contribution in [0.4, 0.5) is 0 Å². The number of fused-ring (bicyclic) bond motifs is 3. The van der Waals surface area contributed by atoms with E-state index in [2.05, 4.69) is 29.7 Å². The normalized spacial score (nSPS) is 13.4. The number of nitrogens with zero attached hydrogens (tertiary/aromatic N) is 2. The molecule has 0 spiro atoms. The van der Waals surface area contributed by atoms with Crippen molar-refractivity contribution < 1.29 is 8.68 Å². The molecule has 0 bridgehead atoms. The molecule has 0 N–H and O–H groups in total. The molecule has 2 aromatic carbocycles. The average Bonchev–Trinajstić information content (AvgIpc) is 3.00. The molecule has 2 aromatic heterocycles. The van der Waals surface area contributed by atoms with E-state index >= 15 is 0 Å². The fraction of sp³-hybridized carbons (Fsp3) is 0.182. The third kappa shape index (κ3) is 2.50. The molecule has 25 heavy (non-hydrogen) atoms. The van der Waals surface area contributed by atoms with Crippen LogP contribution in [0, 0.1) is 32.0 Å². The van der Waals surface area contributed by atoms with Crippen molar-refractivity contribution in [2.75, 3.05) is 0 Å². The summed E-state index contributed by atoms with van der Waals surface area (Å²) in [7, 11) is 1.98. The van der Waals surface area contributed by atoms with Gasteiger partial charge in [0, 0.05) is 0 Å². The summed E-state index contributed by atoms with van der Waals surface area (Å²) in [5, 5.41) is 11.6. The Balaban J connectivity index is 2.11. The first kappa shape index (κ1) is 12.9. The molecule has 122 valence electrons. The quantitative estimate of drug-likeness (QED) is 0.349. The fourth-order valence-electron chi connectivity index (χ4n) is 3.36. The Morgan fingerprint density at radius 3 is 2.64 bits per heavy atom. The van der Waals surface area contributed by atoms with Crippen LogP contribution in [0.2, 0.25) is 0 Å². The fourth-order valence-corrected chi connectivity index (χ4v) is 6.19. The molecule has 4 aromatic rings. The van der Waals surface area contributed by atoms with Gasteiger partial charge in [-0.25, -0.2) is 0 Å². The third-order valence-electron chi connectivity index (χ3n) is 4.78. The molecule has 0 saturated carbocycles. The van der Waals surface area contributed by atoms with Gasteiger partial charge in [-0.2, -0.15) is 0 Å². The van der Waals surface area contributed by atoms with Crippen LogP contribution in [-0.2, 0) is 7.05 Å². The first-order valence-corrected chi connectivity index (χ1v) is 9.79. The van der Waals surface area contributed by atoms with Crippen molar-refractivity contribution in [3.8, 4) is 17.3 Å². The van der Waals surface area contributed by atoms with Gasteiger partial charge in [-0.3, -0.25) is 0 Å². The monoisotopic (exact) mass is 394 g/mol. The zero-order valence-corrected chi connectivity index (χ0v) is 16.1. The number of pyridine rings is 1. The van der Waals surface area contributed by atoms with E-state index in [1.165, 1.54) is 19.3 Å². The molecule has 4 rings (SSSR count). The van der Waals surface area contributed by atoms with E-state index in [0.29, 0.717) is 11.1 Å². The van der Waals surface area contributed by atoms with E-state index in [9.17, 15) is 5.26 Å². The van der Waals surface area contributed by atoms with Crippen LogP contribution >= 0.6 is 0 Å². The van der Waals surface area contributed by atoms with Gasteiger partial charge in [0.2, 0.25) is 0 Å². The van der Waals surface area contributed by atoms with E-state index in [1.54, 1.807) is 6.07 Å². The SMILES string of the molecule is [2H]C([2H])([2H])c1cc(C)[n+](C)c(-c2c(C)ccc3c2[se]c2cc(C#N)ccc23)c1. The van der Waals surface area contributed by atoms with Gasteiger partial charge in [0.1, 0.15) is 0 Å². The van der Waals surface area contributed by atoms with Crippen LogP contribution in [0.3, 0.4) is 0 Å². The Hall–Kier alpha value is -2.40. The van der Waals surface area contributed by atoms with Crippen molar-refractivity contribution in [1.29, 1.82) is 5.26 Å². The van der Waals surface area contributed by atoms with Crippen LogP contribution in [0.5, 0.6) is 0 Å². The summed E-state index contributed by atoms with van der Waals surface area (Å²) in [6.07, 6.45) is 0. The molecule has 3 heteroatoms. The van der Waals surface area contributed by atoms with Gasteiger partial charge in [0.25, 0.3) is 0 Å². The van der Waals surface area contributed by atoms with Crippen molar-refractivity contribution in [3.05, 3.63) is 64.8 Å². The number of nitriles is 1. The van der Waals surface area contributed by atoms with E-state index in [4.69, 9.17) is 4.11 Å². The summed E-state index contributed by atoms with van der Waals surface area (Å²) in [4.78, 5) is 0. The second kappa shape index (κ2) is 5.84. The number of hydrogen-bond donors (Lipinski definition) is 0. The van der Waals surface area contributed by atoms with Gasteiger partial charge in [-0.15, -0.1) is 0 Å². The van der Waals surface area contributed by atoms with E-state index in [0.717, 1.165) is 22.5 Å². The Kier molecular flexibility index (Phi) is 3.01. The Bertz CT molecular complexity index is 1290. The first-order valence-electron chi connectivity index (χ1n) is 9.58.